The van der Waals surface area contributed by atoms with E-state index in [1.807, 2.05) is 54.6 Å². The molecule has 5 heterocycles. The van der Waals surface area contributed by atoms with Crippen LogP contribution in [0, 0.1) is 6.57 Å². The van der Waals surface area contributed by atoms with E-state index < -0.39 is 0 Å². The van der Waals surface area contributed by atoms with Crippen LogP contribution in [0.5, 0.6) is 0 Å². The molecule has 0 N–H and O–H groups in total. The van der Waals surface area contributed by atoms with Crippen molar-refractivity contribution < 1.29 is 0 Å². The highest BCUT2D eigenvalue weighted by atomic mass is 15.1. The monoisotopic (exact) mass is 1150 g/mol. The van der Waals surface area contributed by atoms with Crippen molar-refractivity contribution in [1.29, 1.82) is 0 Å². The maximum Gasteiger partial charge on any atom is 0.194 e. The molecule has 0 aliphatic carbocycles. The highest BCUT2D eigenvalue weighted by molar-refractivity contribution is 6.21. The van der Waals surface area contributed by atoms with Gasteiger partial charge in [-0.2, -0.15) is 0 Å². The third-order valence-corrected chi connectivity index (χ3v) is 18.0. The lowest BCUT2D eigenvalue weighted by Crippen LogP contribution is -2.06. The third-order valence-electron chi connectivity index (χ3n) is 18.0. The SMILES string of the molecule is [C-]#[N+]c1ccccc1-c1ccc(-n2c3ccccc3c3cc4c5ccccc5n(-c5ccccc5)c4cc32)c(-c2cccc(-n3c4ccccc4c4cc5c6ccccc6n(-c6ccccc6)c5cc43)c2-c2nc(-c3ccccc3)nc(-c3ccccc3)n2)c1. The Morgan fingerprint density at radius 1 is 0.244 bits per heavy atom. The first-order valence-corrected chi connectivity index (χ1v) is 30.3. The van der Waals surface area contributed by atoms with Crippen LogP contribution in [0.1, 0.15) is 0 Å². The fraction of sp³-hybridized carbons (Fsp3) is 0. The molecule has 13 aromatic carbocycles. The van der Waals surface area contributed by atoms with Gasteiger partial charge in [-0.25, -0.2) is 19.8 Å². The van der Waals surface area contributed by atoms with E-state index >= 15 is 0 Å². The highest BCUT2D eigenvalue weighted by Gasteiger charge is 2.28. The molecular formula is C82H50N8. The van der Waals surface area contributed by atoms with E-state index in [1.54, 1.807) is 0 Å². The maximum absolute atomic E-state index is 8.48. The van der Waals surface area contributed by atoms with Crippen LogP contribution in [0.4, 0.5) is 5.69 Å². The molecule has 0 saturated carbocycles. The first-order chi connectivity index (χ1) is 44.6. The lowest BCUT2D eigenvalue weighted by molar-refractivity contribution is 1.06. The Bertz CT molecular complexity index is 5910. The first-order valence-electron chi connectivity index (χ1n) is 30.3. The predicted molar refractivity (Wildman–Crippen MR) is 371 cm³/mol. The van der Waals surface area contributed by atoms with Crippen molar-refractivity contribution in [2.75, 3.05) is 0 Å². The molecule has 0 atom stereocenters. The van der Waals surface area contributed by atoms with E-state index in [4.69, 9.17) is 21.5 Å². The summed E-state index contributed by atoms with van der Waals surface area (Å²) in [6, 6.07) is 108. The van der Waals surface area contributed by atoms with Crippen molar-refractivity contribution in [1.82, 2.24) is 33.2 Å². The van der Waals surface area contributed by atoms with E-state index in [0.717, 1.165) is 127 Å². The van der Waals surface area contributed by atoms with Crippen LogP contribution in [0.15, 0.2) is 303 Å². The molecule has 90 heavy (non-hydrogen) atoms. The standard InChI is InChI=1S/C82H50N8/c1-83-68-39-19-14-33-57(68)54-45-46-73(89-71-42-22-17-36-60(71)66-48-64-58-34-15-20-40-69(58)87(75(64)50-77(66)89)55-29-10-4-11-30-55)63(47-54)62-38-24-44-74(79(62)82-85-80(52-25-6-2-7-26-52)84-81(86-82)53-27-8-3-9-28-53)90-72-43-23-18-37-61(72)67-49-65-59-35-16-21-41-70(59)88(76(65)51-78(67)90)56-31-12-5-13-32-56/h2-51H. The van der Waals surface area contributed by atoms with Gasteiger partial charge in [0.25, 0.3) is 0 Å². The van der Waals surface area contributed by atoms with E-state index in [-0.39, 0.29) is 0 Å². The van der Waals surface area contributed by atoms with Crippen LogP contribution < -0.4 is 0 Å². The van der Waals surface area contributed by atoms with Crippen molar-refractivity contribution in [2.24, 2.45) is 0 Å². The molecule has 0 unspecified atom stereocenters. The van der Waals surface area contributed by atoms with Gasteiger partial charge >= 0.3 is 0 Å². The second-order valence-electron chi connectivity index (χ2n) is 23.0. The Labute approximate surface area is 517 Å². The van der Waals surface area contributed by atoms with Gasteiger partial charge < -0.3 is 18.3 Å². The summed E-state index contributed by atoms with van der Waals surface area (Å²) in [5.41, 5.74) is 19.3. The van der Waals surface area contributed by atoms with Crippen molar-refractivity contribution in [2.45, 2.75) is 0 Å². The molecule has 0 radical (unpaired) electrons. The summed E-state index contributed by atoms with van der Waals surface area (Å²) in [4.78, 5) is 20.7. The van der Waals surface area contributed by atoms with Crippen molar-refractivity contribution in [3.63, 3.8) is 0 Å². The average Bonchev–Trinajstić information content (AvgIpc) is 1.56. The summed E-state index contributed by atoms with van der Waals surface area (Å²) in [6.45, 7) is 8.48. The molecule has 18 rings (SSSR count). The number of nitrogens with zero attached hydrogens (tertiary/aromatic N) is 8. The number of fused-ring (bicyclic) bond motifs is 12. The molecule has 0 bridgehead atoms. The Hall–Kier alpha value is -12.4. The van der Waals surface area contributed by atoms with Crippen molar-refractivity contribution in [3.8, 4) is 79.2 Å². The summed E-state index contributed by atoms with van der Waals surface area (Å²) in [5.74, 6) is 1.61. The molecule has 0 saturated heterocycles. The lowest BCUT2D eigenvalue weighted by Gasteiger charge is -2.22. The second-order valence-corrected chi connectivity index (χ2v) is 23.0. The van der Waals surface area contributed by atoms with Crippen LogP contribution in [-0.4, -0.2) is 33.2 Å². The maximum atomic E-state index is 8.48. The number of aromatic nitrogens is 7. The zero-order valence-electron chi connectivity index (χ0n) is 48.4. The molecule has 8 heteroatoms. The highest BCUT2D eigenvalue weighted by Crippen LogP contribution is 2.48. The summed E-state index contributed by atoms with van der Waals surface area (Å²) < 4.78 is 9.67. The van der Waals surface area contributed by atoms with Gasteiger partial charge in [0.05, 0.1) is 67.6 Å². The van der Waals surface area contributed by atoms with Crippen LogP contribution in [0.25, 0.3) is 171 Å². The third kappa shape index (κ3) is 7.83. The fourth-order valence-corrected chi connectivity index (χ4v) is 14.1. The van der Waals surface area contributed by atoms with Gasteiger partial charge in [-0.05, 0) is 108 Å². The zero-order chi connectivity index (χ0) is 59.4. The van der Waals surface area contributed by atoms with Gasteiger partial charge in [-0.1, -0.05) is 212 Å². The lowest BCUT2D eigenvalue weighted by atomic mass is 9.92. The molecule has 18 aromatic rings. The number of hydrogen-bond donors (Lipinski definition) is 0. The largest absolute Gasteiger partial charge is 0.309 e. The van der Waals surface area contributed by atoms with Gasteiger partial charge in [0.2, 0.25) is 0 Å². The summed E-state index contributed by atoms with van der Waals surface area (Å²) >= 11 is 0. The second kappa shape index (κ2) is 20.3. The molecule has 5 aromatic heterocycles. The van der Waals surface area contributed by atoms with Crippen LogP contribution in [0.2, 0.25) is 0 Å². The predicted octanol–water partition coefficient (Wildman–Crippen LogP) is 21.1. The fourth-order valence-electron chi connectivity index (χ4n) is 14.1. The van der Waals surface area contributed by atoms with E-state index in [9.17, 15) is 0 Å². The summed E-state index contributed by atoms with van der Waals surface area (Å²) in [6.07, 6.45) is 0. The first kappa shape index (κ1) is 50.8. The number of para-hydroxylation sites is 7. The Balaban J connectivity index is 1.00. The van der Waals surface area contributed by atoms with Crippen LogP contribution in [0.3, 0.4) is 0 Å². The summed E-state index contributed by atoms with van der Waals surface area (Å²) in [7, 11) is 0. The van der Waals surface area contributed by atoms with Crippen LogP contribution in [-0.2, 0) is 0 Å². The smallest absolute Gasteiger partial charge is 0.194 e. The summed E-state index contributed by atoms with van der Waals surface area (Å²) in [5, 5.41) is 9.24. The molecule has 0 aliphatic rings. The number of rotatable bonds is 9. The average molecular weight is 1150 g/mol. The molecular weight excluding hydrogens is 1100 g/mol. The molecule has 0 amide bonds. The Kier molecular flexibility index (Phi) is 11.5. The van der Waals surface area contributed by atoms with Gasteiger partial charge in [0.15, 0.2) is 23.2 Å². The van der Waals surface area contributed by atoms with Crippen molar-refractivity contribution >= 4 is 92.9 Å². The molecule has 0 spiro atoms. The van der Waals surface area contributed by atoms with Crippen LogP contribution >= 0.6 is 0 Å². The minimum atomic E-state index is 0.507. The zero-order valence-corrected chi connectivity index (χ0v) is 48.4. The van der Waals surface area contributed by atoms with Crippen molar-refractivity contribution in [3.05, 3.63) is 315 Å². The van der Waals surface area contributed by atoms with E-state index in [0.29, 0.717) is 23.2 Å². The Morgan fingerprint density at radius 3 is 1.12 bits per heavy atom. The topological polar surface area (TPSA) is 62.8 Å². The normalized spacial score (nSPS) is 11.8. The Morgan fingerprint density at radius 2 is 0.633 bits per heavy atom. The van der Waals surface area contributed by atoms with Gasteiger partial charge in [-0.3, -0.25) is 0 Å². The van der Waals surface area contributed by atoms with Gasteiger partial charge in [0, 0.05) is 71.2 Å². The minimum Gasteiger partial charge on any atom is -0.309 e. The minimum absolute atomic E-state index is 0.507. The van der Waals surface area contributed by atoms with E-state index in [2.05, 4.69) is 272 Å². The molecule has 418 valence electrons. The van der Waals surface area contributed by atoms with E-state index in [1.165, 1.54) is 21.5 Å². The molecule has 0 fully saturated rings. The van der Waals surface area contributed by atoms with Gasteiger partial charge in [0.1, 0.15) is 0 Å². The molecule has 8 nitrogen and oxygen atoms in total. The molecule has 0 aliphatic heterocycles. The number of hydrogen-bond acceptors (Lipinski definition) is 3. The quantitative estimate of drug-likeness (QED) is 0.135. The van der Waals surface area contributed by atoms with Gasteiger partial charge in [-0.15, -0.1) is 0 Å². The number of benzene rings is 13.